The van der Waals surface area contributed by atoms with Gasteiger partial charge in [0, 0.05) is 28.4 Å². The van der Waals surface area contributed by atoms with Crippen LogP contribution in [0.25, 0.3) is 21.8 Å². The van der Waals surface area contributed by atoms with E-state index in [4.69, 9.17) is 0 Å². The number of nitrogens with one attached hydrogen (secondary N) is 1. The lowest BCUT2D eigenvalue weighted by atomic mass is 10.1. The predicted octanol–water partition coefficient (Wildman–Crippen LogP) is 3.87. The van der Waals surface area contributed by atoms with E-state index in [1.807, 2.05) is 19.2 Å². The van der Waals surface area contributed by atoms with Gasteiger partial charge in [0.15, 0.2) is 0 Å². The van der Waals surface area contributed by atoms with Gasteiger partial charge >= 0.3 is 0 Å². The summed E-state index contributed by atoms with van der Waals surface area (Å²) in [5, 5.41) is 5.57. The minimum Gasteiger partial charge on any atom is -0.338 e. The van der Waals surface area contributed by atoms with Crippen molar-refractivity contribution in [3.63, 3.8) is 0 Å². The summed E-state index contributed by atoms with van der Waals surface area (Å²) in [5.41, 5.74) is 3.46. The highest BCUT2D eigenvalue weighted by Gasteiger charge is 2.12. The Bertz CT molecular complexity index is 743. The fourth-order valence-corrected chi connectivity index (χ4v) is 2.86. The van der Waals surface area contributed by atoms with E-state index in [2.05, 4.69) is 40.2 Å². The summed E-state index contributed by atoms with van der Waals surface area (Å²) >= 11 is 0. The molecule has 1 N–H and O–H groups in total. The van der Waals surface area contributed by atoms with Crippen LogP contribution in [0.3, 0.4) is 0 Å². The summed E-state index contributed by atoms with van der Waals surface area (Å²) in [4.78, 5) is 0. The van der Waals surface area contributed by atoms with Crippen LogP contribution in [0.2, 0.25) is 0 Å². The number of fused-ring (bicyclic) bond motifs is 3. The number of aromatic nitrogens is 1. The third-order valence-electron chi connectivity index (χ3n) is 3.65. The molecule has 0 spiro atoms. The molecule has 3 aromatic rings. The number of halogens is 1. The fourth-order valence-electron chi connectivity index (χ4n) is 2.86. The molecule has 0 fully saturated rings. The van der Waals surface area contributed by atoms with E-state index < -0.39 is 6.17 Å². The molecule has 0 aliphatic carbocycles. The molecule has 0 aliphatic rings. The van der Waals surface area contributed by atoms with Crippen molar-refractivity contribution in [2.24, 2.45) is 0 Å². The summed E-state index contributed by atoms with van der Waals surface area (Å²) in [6.07, 6.45) is -0.856. The predicted molar refractivity (Wildman–Crippen MR) is 82.8 cm³/mol. The largest absolute Gasteiger partial charge is 0.338 e. The number of benzene rings is 2. The van der Waals surface area contributed by atoms with Crippen molar-refractivity contribution in [1.29, 1.82) is 0 Å². The van der Waals surface area contributed by atoms with E-state index >= 15 is 0 Å². The van der Waals surface area contributed by atoms with E-state index in [1.54, 1.807) is 6.92 Å². The minimum absolute atomic E-state index is 0.398. The Morgan fingerprint density at radius 2 is 1.85 bits per heavy atom. The first kappa shape index (κ1) is 13.1. The zero-order valence-corrected chi connectivity index (χ0v) is 11.9. The SMILES string of the molecule is CNCc1ccc2c(c1)c1ccccc1n2CC(C)F. The summed E-state index contributed by atoms with van der Waals surface area (Å²) < 4.78 is 15.6. The van der Waals surface area contributed by atoms with Crippen LogP contribution in [0.5, 0.6) is 0 Å². The lowest BCUT2D eigenvalue weighted by molar-refractivity contribution is 0.327. The van der Waals surface area contributed by atoms with Crippen molar-refractivity contribution in [3.8, 4) is 0 Å². The maximum absolute atomic E-state index is 13.5. The maximum atomic E-state index is 13.5. The van der Waals surface area contributed by atoms with Crippen LogP contribution in [0, 0.1) is 0 Å². The first-order chi connectivity index (χ1) is 9.70. The molecule has 2 nitrogen and oxygen atoms in total. The van der Waals surface area contributed by atoms with E-state index in [-0.39, 0.29) is 0 Å². The number of hydrogen-bond acceptors (Lipinski definition) is 1. The van der Waals surface area contributed by atoms with Crippen molar-refractivity contribution in [2.45, 2.75) is 26.2 Å². The summed E-state index contributed by atoms with van der Waals surface area (Å²) in [5.74, 6) is 0. The van der Waals surface area contributed by atoms with Crippen LogP contribution in [-0.2, 0) is 13.1 Å². The van der Waals surface area contributed by atoms with Crippen LogP contribution in [-0.4, -0.2) is 17.8 Å². The molecule has 1 heterocycles. The van der Waals surface area contributed by atoms with Crippen molar-refractivity contribution >= 4 is 21.8 Å². The number of alkyl halides is 1. The highest BCUT2D eigenvalue weighted by molar-refractivity contribution is 6.08. The molecule has 0 aliphatic heterocycles. The molecule has 0 saturated heterocycles. The number of nitrogens with zero attached hydrogens (tertiary/aromatic N) is 1. The Balaban J connectivity index is 2.29. The van der Waals surface area contributed by atoms with Gasteiger partial charge in [0.2, 0.25) is 0 Å². The number of rotatable bonds is 4. The van der Waals surface area contributed by atoms with Crippen molar-refractivity contribution < 1.29 is 4.39 Å². The summed E-state index contributed by atoms with van der Waals surface area (Å²) in [7, 11) is 1.94. The third kappa shape index (κ3) is 2.18. The van der Waals surface area contributed by atoms with E-state index in [0.29, 0.717) is 6.54 Å². The maximum Gasteiger partial charge on any atom is 0.115 e. The summed E-state index contributed by atoms with van der Waals surface area (Å²) in [6.45, 7) is 2.85. The second-order valence-electron chi connectivity index (χ2n) is 5.29. The minimum atomic E-state index is -0.856. The number of hydrogen-bond donors (Lipinski definition) is 1. The Hall–Kier alpha value is -1.87. The van der Waals surface area contributed by atoms with Crippen LogP contribution >= 0.6 is 0 Å². The molecule has 20 heavy (non-hydrogen) atoms. The average Bonchev–Trinajstić information content (AvgIpc) is 2.73. The van der Waals surface area contributed by atoms with Gasteiger partial charge in [-0.3, -0.25) is 0 Å². The molecule has 0 radical (unpaired) electrons. The van der Waals surface area contributed by atoms with Gasteiger partial charge in [-0.05, 0) is 37.7 Å². The van der Waals surface area contributed by atoms with Crippen molar-refractivity contribution in [2.75, 3.05) is 7.05 Å². The highest BCUT2D eigenvalue weighted by atomic mass is 19.1. The third-order valence-corrected chi connectivity index (χ3v) is 3.65. The second kappa shape index (κ2) is 5.25. The van der Waals surface area contributed by atoms with Gasteiger partial charge < -0.3 is 9.88 Å². The Labute approximate surface area is 118 Å². The molecule has 1 unspecified atom stereocenters. The zero-order chi connectivity index (χ0) is 14.1. The van der Waals surface area contributed by atoms with Crippen LogP contribution in [0.4, 0.5) is 4.39 Å². The molecule has 3 rings (SSSR count). The molecule has 104 valence electrons. The molecule has 0 saturated carbocycles. The number of para-hydroxylation sites is 1. The van der Waals surface area contributed by atoms with Crippen molar-refractivity contribution in [1.82, 2.24) is 9.88 Å². The van der Waals surface area contributed by atoms with E-state index in [0.717, 1.165) is 17.6 Å². The highest BCUT2D eigenvalue weighted by Crippen LogP contribution is 2.30. The first-order valence-electron chi connectivity index (χ1n) is 6.99. The van der Waals surface area contributed by atoms with Gasteiger partial charge in [-0.25, -0.2) is 4.39 Å². The first-order valence-corrected chi connectivity index (χ1v) is 6.99. The molecule has 0 bridgehead atoms. The van der Waals surface area contributed by atoms with Gasteiger partial charge in [-0.1, -0.05) is 24.3 Å². The second-order valence-corrected chi connectivity index (χ2v) is 5.29. The van der Waals surface area contributed by atoms with Crippen LogP contribution < -0.4 is 5.32 Å². The molecule has 0 amide bonds. The average molecular weight is 270 g/mol. The van der Waals surface area contributed by atoms with Gasteiger partial charge in [0.1, 0.15) is 6.17 Å². The fraction of sp³-hybridized carbons (Fsp3) is 0.294. The lowest BCUT2D eigenvalue weighted by Gasteiger charge is -2.08. The van der Waals surface area contributed by atoms with Gasteiger partial charge in [0.05, 0.1) is 6.54 Å². The van der Waals surface area contributed by atoms with Crippen LogP contribution in [0.1, 0.15) is 12.5 Å². The normalized spacial score (nSPS) is 13.2. The summed E-state index contributed by atoms with van der Waals surface area (Å²) in [6, 6.07) is 14.6. The molecule has 2 aromatic carbocycles. The molecular formula is C17H19FN2. The van der Waals surface area contributed by atoms with Crippen LogP contribution in [0.15, 0.2) is 42.5 Å². The van der Waals surface area contributed by atoms with E-state index in [1.165, 1.54) is 16.3 Å². The smallest absolute Gasteiger partial charge is 0.115 e. The topological polar surface area (TPSA) is 17.0 Å². The quantitative estimate of drug-likeness (QED) is 0.761. The molecule has 1 aromatic heterocycles. The molecule has 3 heteroatoms. The monoisotopic (exact) mass is 270 g/mol. The zero-order valence-electron chi connectivity index (χ0n) is 11.9. The molecule has 1 atom stereocenters. The lowest BCUT2D eigenvalue weighted by Crippen LogP contribution is -2.07. The van der Waals surface area contributed by atoms with Gasteiger partial charge in [0.25, 0.3) is 0 Å². The van der Waals surface area contributed by atoms with Gasteiger partial charge in [-0.15, -0.1) is 0 Å². The van der Waals surface area contributed by atoms with E-state index in [9.17, 15) is 4.39 Å². The van der Waals surface area contributed by atoms with Crippen molar-refractivity contribution in [3.05, 3.63) is 48.0 Å². The molecular weight excluding hydrogens is 251 g/mol. The Morgan fingerprint density at radius 1 is 1.10 bits per heavy atom. The Morgan fingerprint density at radius 3 is 2.60 bits per heavy atom. The van der Waals surface area contributed by atoms with Gasteiger partial charge in [-0.2, -0.15) is 0 Å². The standard InChI is InChI=1S/C17H19FN2/c1-12(18)11-20-16-6-4-3-5-14(16)15-9-13(10-19-2)7-8-17(15)20/h3-9,12,19H,10-11H2,1-2H3. The Kier molecular flexibility index (Phi) is 3.45.